The van der Waals surface area contributed by atoms with Crippen molar-refractivity contribution in [2.45, 2.75) is 25.6 Å². The number of benzene rings is 1. The maximum atomic E-state index is 12.4. The Bertz CT molecular complexity index is 737. The fraction of sp³-hybridized carbons (Fsp3) is 0.438. The number of thioether (sulfide) groups is 1. The van der Waals surface area contributed by atoms with E-state index in [-0.39, 0.29) is 29.4 Å². The van der Waals surface area contributed by atoms with Gasteiger partial charge in [-0.25, -0.2) is 14.0 Å². The minimum atomic E-state index is -1.37. The van der Waals surface area contributed by atoms with E-state index in [9.17, 15) is 23.8 Å². The lowest BCUT2D eigenvalue weighted by Crippen LogP contribution is -2.53. The predicted molar refractivity (Wildman–Crippen MR) is 97.5 cm³/mol. The third-order valence-corrected chi connectivity index (χ3v) is 4.22. The molecular formula is C16H19BFNO8S. The number of hydrogen-bond acceptors (Lipinski definition) is 9. The fourth-order valence-electron chi connectivity index (χ4n) is 2.54. The maximum absolute atomic E-state index is 12.4. The number of alkyl halides is 1. The second-order valence-corrected chi connectivity index (χ2v) is 6.57. The Morgan fingerprint density at radius 2 is 2.18 bits per heavy atom. The summed E-state index contributed by atoms with van der Waals surface area (Å²) in [5.74, 6) is -1.45. The van der Waals surface area contributed by atoms with Crippen LogP contribution in [0.1, 0.15) is 22.8 Å². The summed E-state index contributed by atoms with van der Waals surface area (Å²) in [4.78, 5) is 35.2. The number of fused-ring (bicyclic) bond motifs is 1. The number of halogens is 1. The molecule has 0 spiro atoms. The van der Waals surface area contributed by atoms with Crippen molar-refractivity contribution in [3.05, 3.63) is 29.3 Å². The topological polar surface area (TPSA) is 120 Å². The van der Waals surface area contributed by atoms with Crippen LogP contribution in [-0.4, -0.2) is 61.3 Å². The number of hydrogen-bond donors (Lipinski definition) is 2. The van der Waals surface area contributed by atoms with Crippen LogP contribution in [0, 0.1) is 0 Å². The van der Waals surface area contributed by atoms with Crippen LogP contribution in [0.2, 0.25) is 0 Å². The minimum Gasteiger partial charge on any atom is -0.534 e. The fourth-order valence-corrected chi connectivity index (χ4v) is 2.89. The number of carbonyl (C=O) groups is 3. The Kier molecular flexibility index (Phi) is 7.94. The van der Waals surface area contributed by atoms with Crippen LogP contribution in [0.15, 0.2) is 18.2 Å². The molecule has 1 amide bonds. The van der Waals surface area contributed by atoms with E-state index in [1.54, 1.807) is 18.4 Å². The van der Waals surface area contributed by atoms with Gasteiger partial charge in [-0.2, -0.15) is 11.8 Å². The van der Waals surface area contributed by atoms with Crippen molar-refractivity contribution in [1.82, 2.24) is 5.32 Å². The number of para-hydroxylation sites is 1. The summed E-state index contributed by atoms with van der Waals surface area (Å²) in [6.45, 7) is -0.119. The zero-order valence-corrected chi connectivity index (χ0v) is 16.0. The molecule has 2 atom stereocenters. The molecule has 0 saturated carbocycles. The first-order chi connectivity index (χ1) is 13.3. The zero-order valence-electron chi connectivity index (χ0n) is 15.2. The summed E-state index contributed by atoms with van der Waals surface area (Å²) in [5.41, 5.74) is 0.583. The first-order valence-corrected chi connectivity index (χ1v) is 9.60. The van der Waals surface area contributed by atoms with Gasteiger partial charge in [0.25, 0.3) is 0 Å². The molecule has 28 heavy (non-hydrogen) atoms. The lowest BCUT2D eigenvalue weighted by Gasteiger charge is -2.29. The van der Waals surface area contributed by atoms with Gasteiger partial charge >= 0.3 is 19.2 Å². The van der Waals surface area contributed by atoms with Crippen LogP contribution in [-0.2, 0) is 25.4 Å². The summed E-state index contributed by atoms with van der Waals surface area (Å²) in [7, 11) is -1.36. The van der Waals surface area contributed by atoms with Crippen LogP contribution >= 0.6 is 11.8 Å². The highest BCUT2D eigenvalue weighted by atomic mass is 32.2. The number of rotatable bonds is 7. The lowest BCUT2D eigenvalue weighted by atomic mass is 9.72. The van der Waals surface area contributed by atoms with Crippen LogP contribution in [0.25, 0.3) is 0 Å². The molecule has 1 aromatic carbocycles. The largest absolute Gasteiger partial charge is 0.547 e. The van der Waals surface area contributed by atoms with Crippen LogP contribution in [0.3, 0.4) is 0 Å². The molecule has 9 nitrogen and oxygen atoms in total. The number of ether oxygens (including phenoxy) is 3. The van der Waals surface area contributed by atoms with Gasteiger partial charge < -0.3 is 29.2 Å². The van der Waals surface area contributed by atoms with E-state index in [0.29, 0.717) is 5.56 Å². The molecule has 0 bridgehead atoms. The second kappa shape index (κ2) is 10.2. The number of esters is 1. The molecule has 1 aliphatic heterocycles. The van der Waals surface area contributed by atoms with Gasteiger partial charge in [-0.15, -0.1) is 0 Å². The van der Waals surface area contributed by atoms with E-state index in [1.165, 1.54) is 24.8 Å². The Hall–Kier alpha value is -2.47. The van der Waals surface area contributed by atoms with Gasteiger partial charge in [0.2, 0.25) is 19.1 Å². The average Bonchev–Trinajstić information content (AvgIpc) is 2.62. The van der Waals surface area contributed by atoms with E-state index in [2.05, 4.69) is 14.8 Å². The summed E-state index contributed by atoms with van der Waals surface area (Å²) >= 11 is 1.34. The molecule has 0 aliphatic carbocycles. The Morgan fingerprint density at radius 1 is 1.43 bits per heavy atom. The van der Waals surface area contributed by atoms with E-state index < -0.39 is 38.3 Å². The van der Waals surface area contributed by atoms with Crippen LogP contribution in [0.4, 0.5) is 9.18 Å². The summed E-state index contributed by atoms with van der Waals surface area (Å²) in [6.07, 6.45) is -0.641. The van der Waals surface area contributed by atoms with Crippen LogP contribution < -0.4 is 9.97 Å². The normalized spacial score (nSPS) is 16.3. The van der Waals surface area contributed by atoms with Gasteiger partial charge in [0, 0.05) is 6.92 Å². The maximum Gasteiger partial charge on any atom is 0.547 e. The third-order valence-electron chi connectivity index (χ3n) is 3.67. The van der Waals surface area contributed by atoms with Gasteiger partial charge in [-0.3, -0.25) is 4.79 Å². The van der Waals surface area contributed by atoms with Crippen LogP contribution in [0.5, 0.6) is 5.75 Å². The molecule has 12 heteroatoms. The van der Waals surface area contributed by atoms with Gasteiger partial charge in [0.05, 0.1) is 11.7 Å². The summed E-state index contributed by atoms with van der Waals surface area (Å²) < 4.78 is 30.8. The molecule has 0 aromatic heterocycles. The highest BCUT2D eigenvalue weighted by Crippen LogP contribution is 2.31. The van der Waals surface area contributed by atoms with Gasteiger partial charge in [0.15, 0.2) is 0 Å². The van der Waals surface area contributed by atoms with E-state index in [4.69, 9.17) is 9.39 Å². The monoisotopic (exact) mass is 415 g/mol. The summed E-state index contributed by atoms with van der Waals surface area (Å²) in [6, 6.07) is 4.68. The number of carbonyl (C=O) groups excluding carboxylic acids is 3. The van der Waals surface area contributed by atoms with Crippen molar-refractivity contribution in [2.75, 3.05) is 18.9 Å². The van der Waals surface area contributed by atoms with E-state index in [0.717, 1.165) is 0 Å². The van der Waals surface area contributed by atoms with Crippen molar-refractivity contribution in [3.63, 3.8) is 0 Å². The van der Waals surface area contributed by atoms with Gasteiger partial charge in [0.1, 0.15) is 11.3 Å². The molecule has 0 fully saturated rings. The third kappa shape index (κ3) is 5.76. The second-order valence-electron chi connectivity index (χ2n) is 5.71. The zero-order chi connectivity index (χ0) is 20.7. The van der Waals surface area contributed by atoms with Crippen molar-refractivity contribution in [2.24, 2.45) is 0 Å². The molecule has 1 heterocycles. The first kappa shape index (κ1) is 21.8. The Balaban J connectivity index is 2.08. The quantitative estimate of drug-likeness (QED) is 0.383. The molecule has 2 N–H and O–H groups in total. The van der Waals surface area contributed by atoms with Gasteiger partial charge in [-0.1, -0.05) is 12.1 Å². The number of nitrogens with one attached hydrogen (secondary N) is 1. The molecule has 1 unspecified atom stereocenters. The van der Waals surface area contributed by atoms with Crippen molar-refractivity contribution < 1.29 is 42.7 Å². The highest BCUT2D eigenvalue weighted by Gasteiger charge is 2.38. The molecule has 1 aliphatic rings. The molecule has 0 saturated heterocycles. The van der Waals surface area contributed by atoms with E-state index in [1.807, 2.05) is 0 Å². The molecule has 1 aromatic rings. The lowest BCUT2D eigenvalue weighted by molar-refractivity contribution is -0.119. The number of amides is 1. The standard InChI is InChI=1S/C16H19BFNO8S/c1-9(26-16(22)24-8-18)25-15(21)11-5-3-4-10-6-12(17(23)27-14(10)11)19-13(20)7-28-2/h3-5,9,12,23H,6-8H2,1-2H3,(H,19,20)/t9?,12-/m0/s1. The minimum absolute atomic E-state index is 0.000232. The highest BCUT2D eigenvalue weighted by molar-refractivity contribution is 7.99. The van der Waals surface area contributed by atoms with Crippen molar-refractivity contribution in [3.8, 4) is 5.75 Å². The Labute approximate surface area is 165 Å². The van der Waals surface area contributed by atoms with Gasteiger partial charge in [-0.05, 0) is 24.3 Å². The SMILES string of the molecule is CSCC(=O)N[C@H]1Cc2cccc(C(=O)OC(C)OC(=O)OCF)c2OB1O. The van der Waals surface area contributed by atoms with Crippen molar-refractivity contribution >= 4 is 36.9 Å². The molecule has 0 radical (unpaired) electrons. The van der Waals surface area contributed by atoms with E-state index >= 15 is 0 Å². The Morgan fingerprint density at radius 3 is 2.86 bits per heavy atom. The molecule has 152 valence electrons. The average molecular weight is 415 g/mol. The molecular weight excluding hydrogens is 396 g/mol. The smallest absolute Gasteiger partial charge is 0.534 e. The van der Waals surface area contributed by atoms with Crippen molar-refractivity contribution in [1.29, 1.82) is 0 Å². The molecule has 2 rings (SSSR count). The first-order valence-electron chi connectivity index (χ1n) is 8.21. The summed E-state index contributed by atoms with van der Waals surface area (Å²) in [5, 5.41) is 12.9. The predicted octanol–water partition coefficient (Wildman–Crippen LogP) is 1.07.